The van der Waals surface area contributed by atoms with Gasteiger partial charge in [-0.05, 0) is 32.4 Å². The Hall–Kier alpha value is -1.20. The summed E-state index contributed by atoms with van der Waals surface area (Å²) in [5.41, 5.74) is 0.641. The summed E-state index contributed by atoms with van der Waals surface area (Å²) in [5, 5.41) is 12.8. The van der Waals surface area contributed by atoms with Crippen LogP contribution >= 0.6 is 11.6 Å². The fourth-order valence-corrected chi connectivity index (χ4v) is 1.37. The van der Waals surface area contributed by atoms with E-state index < -0.39 is 0 Å². The lowest BCUT2D eigenvalue weighted by molar-refractivity contribution is 0.466. The molecule has 0 saturated heterocycles. The molecule has 0 unspecified atom stereocenters. The topological polar surface area (TPSA) is 35.8 Å². The van der Waals surface area contributed by atoms with E-state index in [-0.39, 0.29) is 5.41 Å². The standard InChI is InChI=1S/C12H15ClN2/c1-12(2,9-14)7-8-15-11-6-4-3-5-10(11)13/h3-6,15H,7-8H2,1-2H3. The number of hydrogen-bond acceptors (Lipinski definition) is 2. The van der Waals surface area contributed by atoms with Gasteiger partial charge in [-0.1, -0.05) is 23.7 Å². The van der Waals surface area contributed by atoms with E-state index >= 15 is 0 Å². The highest BCUT2D eigenvalue weighted by Gasteiger charge is 2.15. The van der Waals surface area contributed by atoms with Gasteiger partial charge in [0, 0.05) is 6.54 Å². The molecule has 1 rings (SSSR count). The molecule has 1 aromatic rings. The van der Waals surface area contributed by atoms with Crippen molar-refractivity contribution < 1.29 is 0 Å². The lowest BCUT2D eigenvalue weighted by atomic mass is 9.91. The Morgan fingerprint density at radius 2 is 2.07 bits per heavy atom. The van der Waals surface area contributed by atoms with Crippen molar-refractivity contribution in [1.82, 2.24) is 0 Å². The normalized spacial score (nSPS) is 10.8. The summed E-state index contributed by atoms with van der Waals surface area (Å²) in [6.07, 6.45) is 0.800. The van der Waals surface area contributed by atoms with Gasteiger partial charge in [0.1, 0.15) is 0 Å². The molecule has 0 bridgehead atoms. The minimum absolute atomic E-state index is 0.283. The van der Waals surface area contributed by atoms with Crippen LogP contribution in [0.3, 0.4) is 0 Å². The zero-order valence-corrected chi connectivity index (χ0v) is 9.80. The third-order valence-electron chi connectivity index (χ3n) is 2.24. The van der Waals surface area contributed by atoms with Gasteiger partial charge in [0.05, 0.1) is 22.2 Å². The Morgan fingerprint density at radius 1 is 1.40 bits per heavy atom. The predicted molar refractivity (Wildman–Crippen MR) is 64.0 cm³/mol. The quantitative estimate of drug-likeness (QED) is 0.844. The van der Waals surface area contributed by atoms with Crippen molar-refractivity contribution in [3.63, 3.8) is 0 Å². The summed E-state index contributed by atoms with van der Waals surface area (Å²) in [6, 6.07) is 9.88. The fraction of sp³-hybridized carbons (Fsp3) is 0.417. The molecule has 0 atom stereocenters. The Morgan fingerprint density at radius 3 is 2.67 bits per heavy atom. The number of nitrogens with one attached hydrogen (secondary N) is 1. The maximum Gasteiger partial charge on any atom is 0.0684 e. The van der Waals surface area contributed by atoms with E-state index in [0.29, 0.717) is 5.02 Å². The van der Waals surface area contributed by atoms with Gasteiger partial charge in [-0.25, -0.2) is 0 Å². The highest BCUT2D eigenvalue weighted by Crippen LogP contribution is 2.22. The highest BCUT2D eigenvalue weighted by atomic mass is 35.5. The molecule has 0 aliphatic carbocycles. The number of anilines is 1. The third-order valence-corrected chi connectivity index (χ3v) is 2.57. The Balaban J connectivity index is 2.46. The average Bonchev–Trinajstić information content (AvgIpc) is 2.21. The van der Waals surface area contributed by atoms with E-state index in [2.05, 4.69) is 11.4 Å². The second-order valence-corrected chi connectivity index (χ2v) is 4.56. The average molecular weight is 223 g/mol. The number of para-hydroxylation sites is 1. The van der Waals surface area contributed by atoms with Crippen LogP contribution in [0.15, 0.2) is 24.3 Å². The van der Waals surface area contributed by atoms with Gasteiger partial charge in [0.2, 0.25) is 0 Å². The van der Waals surface area contributed by atoms with Gasteiger partial charge in [-0.3, -0.25) is 0 Å². The van der Waals surface area contributed by atoms with Gasteiger partial charge < -0.3 is 5.32 Å². The molecule has 0 aromatic heterocycles. The Kier molecular flexibility index (Phi) is 3.99. The zero-order valence-electron chi connectivity index (χ0n) is 9.05. The number of hydrogen-bond donors (Lipinski definition) is 1. The molecule has 0 fully saturated rings. The van der Waals surface area contributed by atoms with E-state index in [0.717, 1.165) is 18.7 Å². The summed E-state index contributed by atoms with van der Waals surface area (Å²) in [7, 11) is 0. The van der Waals surface area contributed by atoms with E-state index in [1.807, 2.05) is 38.1 Å². The molecule has 0 spiro atoms. The second-order valence-electron chi connectivity index (χ2n) is 4.15. The summed E-state index contributed by atoms with van der Waals surface area (Å²) in [6.45, 7) is 4.62. The smallest absolute Gasteiger partial charge is 0.0684 e. The molecule has 1 aromatic carbocycles. The monoisotopic (exact) mass is 222 g/mol. The number of halogens is 1. The molecule has 80 valence electrons. The van der Waals surface area contributed by atoms with Crippen LogP contribution in [0, 0.1) is 16.7 Å². The molecule has 0 heterocycles. The SMILES string of the molecule is CC(C)(C#N)CCNc1ccccc1Cl. The summed E-state index contributed by atoms with van der Waals surface area (Å²) in [4.78, 5) is 0. The van der Waals surface area contributed by atoms with Crippen LogP contribution in [0.2, 0.25) is 5.02 Å². The second kappa shape index (κ2) is 5.04. The van der Waals surface area contributed by atoms with Crippen molar-refractivity contribution >= 4 is 17.3 Å². The van der Waals surface area contributed by atoms with Crippen LogP contribution in [-0.4, -0.2) is 6.54 Å². The lowest BCUT2D eigenvalue weighted by Gasteiger charge is -2.16. The van der Waals surface area contributed by atoms with Crippen LogP contribution in [0.5, 0.6) is 0 Å². The van der Waals surface area contributed by atoms with Crippen LogP contribution in [0.25, 0.3) is 0 Å². The molecule has 2 nitrogen and oxygen atoms in total. The van der Waals surface area contributed by atoms with Crippen molar-refractivity contribution in [3.05, 3.63) is 29.3 Å². The maximum absolute atomic E-state index is 8.84. The number of nitrogens with zero attached hydrogens (tertiary/aromatic N) is 1. The van der Waals surface area contributed by atoms with E-state index in [1.54, 1.807) is 0 Å². The van der Waals surface area contributed by atoms with Gasteiger partial charge in [-0.15, -0.1) is 0 Å². The van der Waals surface area contributed by atoms with Gasteiger partial charge in [0.15, 0.2) is 0 Å². The van der Waals surface area contributed by atoms with Crippen LogP contribution in [0.4, 0.5) is 5.69 Å². The third kappa shape index (κ3) is 3.81. The fourth-order valence-electron chi connectivity index (χ4n) is 1.17. The lowest BCUT2D eigenvalue weighted by Crippen LogP contribution is -2.14. The zero-order chi connectivity index (χ0) is 11.3. The molecule has 0 aliphatic rings. The van der Waals surface area contributed by atoms with Crippen molar-refractivity contribution in [1.29, 1.82) is 5.26 Å². The summed E-state index contributed by atoms with van der Waals surface area (Å²) in [5.74, 6) is 0. The van der Waals surface area contributed by atoms with Crippen LogP contribution in [-0.2, 0) is 0 Å². The largest absolute Gasteiger partial charge is 0.384 e. The minimum Gasteiger partial charge on any atom is -0.384 e. The van der Waals surface area contributed by atoms with Crippen molar-refractivity contribution in [3.8, 4) is 6.07 Å². The van der Waals surface area contributed by atoms with E-state index in [1.165, 1.54) is 0 Å². The van der Waals surface area contributed by atoms with Crippen LogP contribution < -0.4 is 5.32 Å². The van der Waals surface area contributed by atoms with Crippen molar-refractivity contribution in [2.75, 3.05) is 11.9 Å². The molecule has 3 heteroatoms. The first kappa shape index (κ1) is 11.9. The highest BCUT2D eigenvalue weighted by molar-refractivity contribution is 6.33. The molecule has 0 radical (unpaired) electrons. The molecular formula is C12H15ClN2. The Bertz CT molecular complexity index is 366. The first-order valence-electron chi connectivity index (χ1n) is 4.95. The predicted octanol–water partition coefficient (Wildman–Crippen LogP) is 3.69. The van der Waals surface area contributed by atoms with E-state index in [9.17, 15) is 0 Å². The first-order valence-corrected chi connectivity index (χ1v) is 5.33. The molecule has 0 aliphatic heterocycles. The van der Waals surface area contributed by atoms with Crippen molar-refractivity contribution in [2.24, 2.45) is 5.41 Å². The molecule has 1 N–H and O–H groups in total. The summed E-state index contributed by atoms with van der Waals surface area (Å²) < 4.78 is 0. The molecule has 15 heavy (non-hydrogen) atoms. The van der Waals surface area contributed by atoms with Gasteiger partial charge in [0.25, 0.3) is 0 Å². The van der Waals surface area contributed by atoms with Gasteiger partial charge >= 0.3 is 0 Å². The van der Waals surface area contributed by atoms with Gasteiger partial charge in [-0.2, -0.15) is 5.26 Å². The molecule has 0 saturated carbocycles. The summed E-state index contributed by atoms with van der Waals surface area (Å²) >= 11 is 5.98. The minimum atomic E-state index is -0.283. The molecule has 0 amide bonds. The first-order chi connectivity index (χ1) is 7.05. The number of benzene rings is 1. The molecular weight excluding hydrogens is 208 g/mol. The van der Waals surface area contributed by atoms with E-state index in [4.69, 9.17) is 16.9 Å². The maximum atomic E-state index is 8.84. The number of nitriles is 1. The Labute approximate surface area is 95.9 Å². The van der Waals surface area contributed by atoms with Crippen molar-refractivity contribution in [2.45, 2.75) is 20.3 Å². The van der Waals surface area contributed by atoms with Crippen LogP contribution in [0.1, 0.15) is 20.3 Å². The number of rotatable bonds is 4.